The predicted molar refractivity (Wildman–Crippen MR) is 122 cm³/mol. The summed E-state index contributed by atoms with van der Waals surface area (Å²) < 4.78 is 12.2. The summed E-state index contributed by atoms with van der Waals surface area (Å²) in [5, 5.41) is 17.2. The van der Waals surface area contributed by atoms with Crippen LogP contribution in [0.5, 0.6) is 0 Å². The summed E-state index contributed by atoms with van der Waals surface area (Å²) in [4.78, 5) is 19.6. The molecular weight excluding hydrogens is 408 g/mol. The van der Waals surface area contributed by atoms with Gasteiger partial charge in [0, 0.05) is 12.6 Å². The first kappa shape index (κ1) is 23.5. The van der Waals surface area contributed by atoms with Gasteiger partial charge in [-0.05, 0) is 66.2 Å². The number of ether oxygens (including phenoxy) is 2. The molecule has 3 rings (SSSR count). The Balaban J connectivity index is 2.01. The Bertz CT molecular complexity index is 1030. The van der Waals surface area contributed by atoms with E-state index in [2.05, 4.69) is 28.3 Å². The highest BCUT2D eigenvalue weighted by atomic mass is 16.6. The van der Waals surface area contributed by atoms with Gasteiger partial charge in [0.05, 0.1) is 36.4 Å². The number of carbonyl (C=O) groups excluding carboxylic acids is 1. The number of nitrogens with zero attached hydrogens (tertiary/aromatic N) is 5. The lowest BCUT2D eigenvalue weighted by molar-refractivity contribution is 0.0518. The molecule has 1 saturated heterocycles. The van der Waals surface area contributed by atoms with Crippen molar-refractivity contribution in [3.8, 4) is 6.07 Å². The number of nitrogens with one attached hydrogen (secondary N) is 1. The number of carbonyl (C=O) groups is 1. The summed E-state index contributed by atoms with van der Waals surface area (Å²) in [7, 11) is 0. The minimum absolute atomic E-state index is 0.152. The number of aryl methyl sites for hydroxylation is 1. The molecule has 0 amide bonds. The van der Waals surface area contributed by atoms with Crippen LogP contribution in [-0.4, -0.2) is 52.3 Å². The first-order valence-corrected chi connectivity index (χ1v) is 10.7. The molecule has 1 unspecified atom stereocenters. The van der Waals surface area contributed by atoms with Crippen molar-refractivity contribution in [1.82, 2.24) is 14.8 Å². The van der Waals surface area contributed by atoms with Gasteiger partial charge in [-0.3, -0.25) is 0 Å². The van der Waals surface area contributed by atoms with Crippen LogP contribution in [0.2, 0.25) is 0 Å². The van der Waals surface area contributed by atoms with E-state index in [1.165, 1.54) is 4.68 Å². The minimum atomic E-state index is -0.717. The SMILES string of the molecule is Cc1cc(Nc2cc(C(C)(C)C#N)cc(N3CCOCC3C)n2)n(C(=O)OC(C)(C)C)n1. The molecule has 0 saturated carbocycles. The van der Waals surface area contributed by atoms with Crippen LogP contribution >= 0.6 is 0 Å². The molecule has 9 nitrogen and oxygen atoms in total. The normalized spacial score (nSPS) is 17.1. The lowest BCUT2D eigenvalue weighted by Crippen LogP contribution is -2.44. The summed E-state index contributed by atoms with van der Waals surface area (Å²) in [5.41, 5.74) is 0.119. The standard InChI is InChI=1S/C23H32N6O3/c1-15-10-20(29(27-15)21(30)32-22(3,4)5)26-18-11-17(23(6,7)14-24)12-19(25-18)28-8-9-31-13-16(28)2/h10-12,16H,8-9,13H2,1-7H3,(H,25,26). The van der Waals surface area contributed by atoms with Crippen molar-refractivity contribution in [1.29, 1.82) is 5.26 Å². The number of rotatable bonds is 4. The van der Waals surface area contributed by atoms with Crippen LogP contribution in [0.4, 0.5) is 22.2 Å². The van der Waals surface area contributed by atoms with Crippen molar-refractivity contribution in [3.05, 3.63) is 29.5 Å². The van der Waals surface area contributed by atoms with E-state index < -0.39 is 17.1 Å². The topological polar surface area (TPSA) is 105 Å². The molecule has 0 bridgehead atoms. The molecule has 1 aliphatic heterocycles. The molecule has 2 aromatic heterocycles. The summed E-state index contributed by atoms with van der Waals surface area (Å²) in [6.07, 6.45) is -0.580. The van der Waals surface area contributed by atoms with Gasteiger partial charge in [0.1, 0.15) is 23.1 Å². The molecule has 1 N–H and O–H groups in total. The maximum absolute atomic E-state index is 12.7. The minimum Gasteiger partial charge on any atom is -0.442 e. The van der Waals surface area contributed by atoms with Gasteiger partial charge in [-0.1, -0.05) is 0 Å². The maximum atomic E-state index is 12.7. The highest BCUT2D eigenvalue weighted by Crippen LogP contribution is 2.31. The molecule has 172 valence electrons. The van der Waals surface area contributed by atoms with E-state index in [4.69, 9.17) is 14.5 Å². The average Bonchev–Trinajstić information content (AvgIpc) is 3.07. The molecule has 0 spiro atoms. The summed E-state index contributed by atoms with van der Waals surface area (Å²) >= 11 is 0. The molecule has 1 fully saturated rings. The van der Waals surface area contributed by atoms with Gasteiger partial charge in [0.15, 0.2) is 0 Å². The molecular formula is C23H32N6O3. The Morgan fingerprint density at radius 2 is 2.00 bits per heavy atom. The maximum Gasteiger partial charge on any atom is 0.437 e. The zero-order valence-corrected chi connectivity index (χ0v) is 19.9. The Morgan fingerprint density at radius 1 is 1.28 bits per heavy atom. The number of nitriles is 1. The Hall–Kier alpha value is -3.12. The largest absolute Gasteiger partial charge is 0.442 e. The zero-order valence-electron chi connectivity index (χ0n) is 19.9. The highest BCUT2D eigenvalue weighted by Gasteiger charge is 2.27. The third-order valence-electron chi connectivity index (χ3n) is 5.13. The van der Waals surface area contributed by atoms with Gasteiger partial charge in [-0.25, -0.2) is 9.78 Å². The van der Waals surface area contributed by atoms with Crippen LogP contribution in [0.25, 0.3) is 0 Å². The number of hydrogen-bond acceptors (Lipinski definition) is 8. The Morgan fingerprint density at radius 3 is 2.62 bits per heavy atom. The lowest BCUT2D eigenvalue weighted by Gasteiger charge is -2.35. The number of pyridine rings is 1. The summed E-state index contributed by atoms with van der Waals surface area (Å²) in [5.74, 6) is 1.71. The third kappa shape index (κ3) is 5.37. The van der Waals surface area contributed by atoms with Crippen molar-refractivity contribution in [3.63, 3.8) is 0 Å². The first-order valence-electron chi connectivity index (χ1n) is 10.7. The van der Waals surface area contributed by atoms with E-state index in [1.54, 1.807) is 33.8 Å². The van der Waals surface area contributed by atoms with Gasteiger partial charge in [0.25, 0.3) is 0 Å². The Labute approximate surface area is 189 Å². The average molecular weight is 441 g/mol. The molecule has 1 atom stereocenters. The van der Waals surface area contributed by atoms with E-state index in [0.717, 1.165) is 11.4 Å². The van der Waals surface area contributed by atoms with Crippen LogP contribution in [0, 0.1) is 18.3 Å². The molecule has 9 heteroatoms. The molecule has 2 aromatic rings. The summed E-state index contributed by atoms with van der Waals surface area (Å²) in [6.45, 7) is 15.0. The molecule has 32 heavy (non-hydrogen) atoms. The van der Waals surface area contributed by atoms with Crippen LogP contribution in [0.15, 0.2) is 18.2 Å². The van der Waals surface area contributed by atoms with Crippen molar-refractivity contribution in [2.24, 2.45) is 0 Å². The molecule has 0 aromatic carbocycles. The third-order valence-corrected chi connectivity index (χ3v) is 5.13. The quantitative estimate of drug-likeness (QED) is 0.756. The van der Waals surface area contributed by atoms with Crippen molar-refractivity contribution in [2.75, 3.05) is 30.0 Å². The van der Waals surface area contributed by atoms with Gasteiger partial charge in [-0.2, -0.15) is 10.4 Å². The molecule has 1 aliphatic rings. The second-order valence-electron chi connectivity index (χ2n) is 9.64. The number of morpholine rings is 1. The molecule has 0 aliphatic carbocycles. The van der Waals surface area contributed by atoms with Gasteiger partial charge in [0.2, 0.25) is 0 Å². The van der Waals surface area contributed by atoms with Crippen molar-refractivity contribution >= 4 is 23.5 Å². The smallest absolute Gasteiger partial charge is 0.437 e. The number of hydrogen-bond donors (Lipinski definition) is 1. The fourth-order valence-electron chi connectivity index (χ4n) is 3.38. The Kier molecular flexibility index (Phi) is 6.46. The van der Waals surface area contributed by atoms with Crippen molar-refractivity contribution in [2.45, 2.75) is 65.5 Å². The van der Waals surface area contributed by atoms with E-state index in [1.807, 2.05) is 26.0 Å². The second-order valence-corrected chi connectivity index (χ2v) is 9.64. The summed E-state index contributed by atoms with van der Waals surface area (Å²) in [6, 6.07) is 8.05. The second kappa shape index (κ2) is 8.79. The number of aromatic nitrogens is 3. The highest BCUT2D eigenvalue weighted by molar-refractivity contribution is 5.76. The van der Waals surface area contributed by atoms with Crippen LogP contribution in [0.3, 0.4) is 0 Å². The van der Waals surface area contributed by atoms with E-state index in [9.17, 15) is 10.1 Å². The van der Waals surface area contributed by atoms with E-state index in [0.29, 0.717) is 37.1 Å². The molecule has 3 heterocycles. The van der Waals surface area contributed by atoms with E-state index in [-0.39, 0.29) is 6.04 Å². The van der Waals surface area contributed by atoms with Gasteiger partial charge >= 0.3 is 6.09 Å². The zero-order chi connectivity index (χ0) is 23.7. The van der Waals surface area contributed by atoms with Gasteiger partial charge < -0.3 is 19.7 Å². The lowest BCUT2D eigenvalue weighted by atomic mass is 9.86. The van der Waals surface area contributed by atoms with Crippen LogP contribution in [-0.2, 0) is 14.9 Å². The fraction of sp³-hybridized carbons (Fsp3) is 0.565. The van der Waals surface area contributed by atoms with Gasteiger partial charge in [-0.15, -0.1) is 4.68 Å². The fourth-order valence-corrected chi connectivity index (χ4v) is 3.38. The molecule has 0 radical (unpaired) electrons. The van der Waals surface area contributed by atoms with Crippen molar-refractivity contribution < 1.29 is 14.3 Å². The first-order chi connectivity index (χ1) is 14.9. The predicted octanol–water partition coefficient (Wildman–Crippen LogP) is 4.14. The number of anilines is 3. The monoisotopic (exact) mass is 440 g/mol. The van der Waals surface area contributed by atoms with Crippen LogP contribution in [0.1, 0.15) is 52.8 Å². The van der Waals surface area contributed by atoms with E-state index >= 15 is 0 Å². The van der Waals surface area contributed by atoms with Crippen LogP contribution < -0.4 is 10.2 Å².